The number of benzene rings is 3. The van der Waals surface area contributed by atoms with E-state index in [1.807, 2.05) is 37.3 Å². The highest BCUT2D eigenvalue weighted by atomic mass is 32.2. The Bertz CT molecular complexity index is 1330. The van der Waals surface area contributed by atoms with E-state index in [9.17, 15) is 13.2 Å². The number of nitrogens with one attached hydrogen (secondary N) is 1. The first-order valence-corrected chi connectivity index (χ1v) is 10.0. The van der Waals surface area contributed by atoms with Gasteiger partial charge in [-0.05, 0) is 36.9 Å². The van der Waals surface area contributed by atoms with Gasteiger partial charge >= 0.3 is 5.76 Å². The number of aromatic nitrogens is 1. The third-order valence-corrected chi connectivity index (χ3v) is 6.11. The second-order valence-corrected chi connectivity index (χ2v) is 7.98. The van der Waals surface area contributed by atoms with Crippen LogP contribution in [0.5, 0.6) is 0 Å². The molecule has 0 aliphatic rings. The van der Waals surface area contributed by atoms with Crippen molar-refractivity contribution in [2.24, 2.45) is 0 Å². The Hall–Kier alpha value is -3.06. The zero-order valence-corrected chi connectivity index (χ0v) is 15.7. The lowest BCUT2D eigenvalue weighted by Gasteiger charge is -2.12. The summed E-state index contributed by atoms with van der Waals surface area (Å²) in [6, 6.07) is 16.1. The number of fused-ring (bicyclic) bond motifs is 2. The first-order chi connectivity index (χ1) is 12.9. The summed E-state index contributed by atoms with van der Waals surface area (Å²) >= 11 is 0. The van der Waals surface area contributed by atoms with E-state index in [-0.39, 0.29) is 10.5 Å². The van der Waals surface area contributed by atoms with Crippen LogP contribution in [0.4, 0.5) is 5.69 Å². The predicted octanol–water partition coefficient (Wildman–Crippen LogP) is 3.88. The van der Waals surface area contributed by atoms with E-state index in [2.05, 4.69) is 4.72 Å². The molecule has 0 fully saturated rings. The summed E-state index contributed by atoms with van der Waals surface area (Å²) in [6.07, 6.45) is 0. The van der Waals surface area contributed by atoms with Gasteiger partial charge in [-0.3, -0.25) is 9.29 Å². The van der Waals surface area contributed by atoms with Crippen molar-refractivity contribution >= 4 is 37.6 Å². The molecular formula is C20H18N2O4S. The quantitative estimate of drug-likeness (QED) is 0.581. The van der Waals surface area contributed by atoms with Gasteiger partial charge in [0.25, 0.3) is 10.0 Å². The first kappa shape index (κ1) is 17.4. The fourth-order valence-corrected chi connectivity index (χ4v) is 4.62. The standard InChI is InChI=1S/C20H18N2O4S/c1-3-22-17-11-13(2)19(12-18(17)26-20(22)23)27(24,25)21-16-10-6-8-14-7-4-5-9-15(14)16/h4-12,21H,3H2,1-2H3. The van der Waals surface area contributed by atoms with E-state index in [0.717, 1.165) is 10.8 Å². The van der Waals surface area contributed by atoms with Gasteiger partial charge in [0.2, 0.25) is 0 Å². The highest BCUT2D eigenvalue weighted by Gasteiger charge is 2.21. The Labute approximate surface area is 156 Å². The third kappa shape index (κ3) is 2.90. The summed E-state index contributed by atoms with van der Waals surface area (Å²) in [5.74, 6) is -0.497. The van der Waals surface area contributed by atoms with Crippen LogP contribution in [0.15, 0.2) is 68.7 Å². The van der Waals surface area contributed by atoms with E-state index < -0.39 is 15.8 Å². The Kier molecular flexibility index (Phi) is 4.04. The molecule has 1 N–H and O–H groups in total. The number of hydrogen-bond donors (Lipinski definition) is 1. The zero-order chi connectivity index (χ0) is 19.2. The van der Waals surface area contributed by atoms with E-state index >= 15 is 0 Å². The van der Waals surface area contributed by atoms with Crippen molar-refractivity contribution in [1.29, 1.82) is 0 Å². The lowest BCUT2D eigenvalue weighted by Crippen LogP contribution is -2.15. The van der Waals surface area contributed by atoms with Gasteiger partial charge in [0, 0.05) is 18.0 Å². The minimum absolute atomic E-state index is 0.0833. The molecule has 0 saturated carbocycles. The van der Waals surface area contributed by atoms with Crippen LogP contribution in [-0.2, 0) is 16.6 Å². The van der Waals surface area contributed by atoms with E-state index in [0.29, 0.717) is 23.3 Å². The molecule has 1 aromatic heterocycles. The molecule has 6 nitrogen and oxygen atoms in total. The lowest BCUT2D eigenvalue weighted by atomic mass is 10.1. The molecule has 27 heavy (non-hydrogen) atoms. The molecule has 1 heterocycles. The monoisotopic (exact) mass is 382 g/mol. The largest absolute Gasteiger partial charge is 0.419 e. The summed E-state index contributed by atoms with van der Waals surface area (Å²) in [5.41, 5.74) is 1.88. The van der Waals surface area contributed by atoms with E-state index in [1.165, 1.54) is 10.6 Å². The molecule has 3 aromatic carbocycles. The van der Waals surface area contributed by atoms with Crippen LogP contribution in [0.2, 0.25) is 0 Å². The maximum absolute atomic E-state index is 13.0. The summed E-state index contributed by atoms with van der Waals surface area (Å²) < 4.78 is 35.4. The minimum atomic E-state index is -3.86. The number of sulfonamides is 1. The van der Waals surface area contributed by atoms with Crippen LogP contribution >= 0.6 is 0 Å². The molecule has 0 saturated heterocycles. The number of rotatable bonds is 4. The van der Waals surface area contributed by atoms with Gasteiger partial charge in [-0.25, -0.2) is 13.2 Å². The summed E-state index contributed by atoms with van der Waals surface area (Å²) in [4.78, 5) is 12.0. The molecule has 138 valence electrons. The fourth-order valence-electron chi connectivity index (χ4n) is 3.30. The molecule has 0 spiro atoms. The highest BCUT2D eigenvalue weighted by Crippen LogP contribution is 2.28. The number of anilines is 1. The van der Waals surface area contributed by atoms with Crippen molar-refractivity contribution in [3.8, 4) is 0 Å². The van der Waals surface area contributed by atoms with Gasteiger partial charge < -0.3 is 4.42 Å². The molecular weight excluding hydrogens is 364 g/mol. The predicted molar refractivity (Wildman–Crippen MR) is 106 cm³/mol. The van der Waals surface area contributed by atoms with Gasteiger partial charge in [-0.2, -0.15) is 0 Å². The molecule has 0 amide bonds. The van der Waals surface area contributed by atoms with Crippen molar-refractivity contribution in [2.45, 2.75) is 25.3 Å². The van der Waals surface area contributed by atoms with Crippen molar-refractivity contribution in [1.82, 2.24) is 4.57 Å². The van der Waals surface area contributed by atoms with Crippen molar-refractivity contribution in [2.75, 3.05) is 4.72 Å². The van der Waals surface area contributed by atoms with Crippen molar-refractivity contribution < 1.29 is 12.8 Å². The van der Waals surface area contributed by atoms with Crippen LogP contribution in [0.25, 0.3) is 21.9 Å². The second kappa shape index (κ2) is 6.28. The third-order valence-electron chi connectivity index (χ3n) is 4.60. The lowest BCUT2D eigenvalue weighted by molar-refractivity contribution is 0.512. The summed E-state index contributed by atoms with van der Waals surface area (Å²) in [6.45, 7) is 3.98. The molecule has 0 radical (unpaired) electrons. The average molecular weight is 382 g/mol. The molecule has 4 rings (SSSR count). The molecule has 4 aromatic rings. The SMILES string of the molecule is CCn1c(=O)oc2cc(S(=O)(=O)Nc3cccc4ccccc34)c(C)cc21. The maximum Gasteiger partial charge on any atom is 0.419 e. The van der Waals surface area contributed by atoms with Gasteiger partial charge in [0.1, 0.15) is 0 Å². The van der Waals surface area contributed by atoms with Gasteiger partial charge in [0.05, 0.1) is 16.1 Å². The number of hydrogen-bond acceptors (Lipinski definition) is 4. The van der Waals surface area contributed by atoms with Gasteiger partial charge in [-0.1, -0.05) is 36.4 Å². The Morgan fingerprint density at radius 1 is 1.07 bits per heavy atom. The average Bonchev–Trinajstić information content (AvgIpc) is 2.95. The topological polar surface area (TPSA) is 81.3 Å². The van der Waals surface area contributed by atoms with E-state index in [1.54, 1.807) is 25.1 Å². The molecule has 0 unspecified atom stereocenters. The first-order valence-electron chi connectivity index (χ1n) is 8.55. The second-order valence-electron chi connectivity index (χ2n) is 6.33. The Balaban J connectivity index is 1.84. The van der Waals surface area contributed by atoms with Crippen molar-refractivity contribution in [3.05, 3.63) is 70.7 Å². The Morgan fingerprint density at radius 3 is 2.59 bits per heavy atom. The number of aryl methyl sites for hydroxylation is 2. The van der Waals surface area contributed by atoms with Gasteiger partial charge in [0.15, 0.2) is 5.58 Å². The minimum Gasteiger partial charge on any atom is -0.408 e. The Morgan fingerprint density at radius 2 is 1.81 bits per heavy atom. The maximum atomic E-state index is 13.0. The van der Waals surface area contributed by atoms with E-state index in [4.69, 9.17) is 4.42 Å². The van der Waals surface area contributed by atoms with Crippen LogP contribution in [0, 0.1) is 6.92 Å². The molecule has 0 atom stereocenters. The zero-order valence-electron chi connectivity index (χ0n) is 14.9. The normalized spacial score (nSPS) is 11.9. The van der Waals surface area contributed by atoms with Gasteiger partial charge in [-0.15, -0.1) is 0 Å². The van der Waals surface area contributed by atoms with Crippen LogP contribution in [0.1, 0.15) is 12.5 Å². The molecule has 7 heteroatoms. The molecule has 0 aliphatic carbocycles. The molecule has 0 aliphatic heterocycles. The van der Waals surface area contributed by atoms with Crippen LogP contribution < -0.4 is 10.5 Å². The van der Waals surface area contributed by atoms with Crippen LogP contribution in [-0.4, -0.2) is 13.0 Å². The van der Waals surface area contributed by atoms with Crippen molar-refractivity contribution in [3.63, 3.8) is 0 Å². The van der Waals surface area contributed by atoms with Crippen LogP contribution in [0.3, 0.4) is 0 Å². The number of oxazole rings is 1. The highest BCUT2D eigenvalue weighted by molar-refractivity contribution is 7.92. The number of nitrogens with zero attached hydrogens (tertiary/aromatic N) is 1. The smallest absolute Gasteiger partial charge is 0.408 e. The fraction of sp³-hybridized carbons (Fsp3) is 0.150. The summed E-state index contributed by atoms with van der Waals surface area (Å²) in [7, 11) is -3.86. The molecule has 0 bridgehead atoms. The summed E-state index contributed by atoms with van der Waals surface area (Å²) in [5, 5.41) is 1.75.